The summed E-state index contributed by atoms with van der Waals surface area (Å²) in [5, 5.41) is 2.67. The Morgan fingerprint density at radius 2 is 1.67 bits per heavy atom. The van der Waals surface area contributed by atoms with E-state index in [2.05, 4.69) is 61.3 Å². The van der Waals surface area contributed by atoms with Crippen molar-refractivity contribution in [1.29, 1.82) is 0 Å². The van der Waals surface area contributed by atoms with Crippen molar-refractivity contribution < 1.29 is 0 Å². The molecule has 3 rings (SSSR count). The molecule has 0 saturated heterocycles. The Morgan fingerprint density at radius 3 is 2.52 bits per heavy atom. The summed E-state index contributed by atoms with van der Waals surface area (Å²) in [6, 6.07) is 15.5. The van der Waals surface area contributed by atoms with E-state index in [-0.39, 0.29) is 0 Å². The Bertz CT molecular complexity index is 721. The van der Waals surface area contributed by atoms with Gasteiger partial charge in [0.1, 0.15) is 0 Å². The fourth-order valence-corrected chi connectivity index (χ4v) is 3.12. The molecule has 0 atom stereocenters. The Morgan fingerprint density at radius 1 is 0.857 bits per heavy atom. The van der Waals surface area contributed by atoms with Gasteiger partial charge in [0.2, 0.25) is 0 Å². The number of fused-ring (bicyclic) bond motifs is 3. The third-order valence-corrected chi connectivity index (χ3v) is 4.32. The van der Waals surface area contributed by atoms with E-state index in [9.17, 15) is 0 Å². The lowest BCUT2D eigenvalue weighted by Crippen LogP contribution is -1.89. The molecule has 1 heterocycles. The van der Waals surface area contributed by atoms with Crippen LogP contribution in [0.5, 0.6) is 0 Å². The zero-order chi connectivity index (χ0) is 14.7. The van der Waals surface area contributed by atoms with Crippen LogP contribution >= 0.6 is 0 Å². The van der Waals surface area contributed by atoms with Crippen LogP contribution in [0.2, 0.25) is 0 Å². The lowest BCUT2D eigenvalue weighted by atomic mass is 10.0. The summed E-state index contributed by atoms with van der Waals surface area (Å²) in [5.41, 5.74) is 3.97. The van der Waals surface area contributed by atoms with E-state index >= 15 is 0 Å². The van der Waals surface area contributed by atoms with Crippen molar-refractivity contribution in [3.05, 3.63) is 48.0 Å². The van der Waals surface area contributed by atoms with E-state index < -0.39 is 0 Å². The summed E-state index contributed by atoms with van der Waals surface area (Å²) in [7, 11) is 0. The van der Waals surface area contributed by atoms with Gasteiger partial charge in [0.05, 0.1) is 0 Å². The maximum Gasteiger partial charge on any atom is 0.0467 e. The summed E-state index contributed by atoms with van der Waals surface area (Å²) >= 11 is 0. The summed E-state index contributed by atoms with van der Waals surface area (Å²) in [6.07, 6.45) is 6.58. The molecule has 21 heavy (non-hydrogen) atoms. The number of unbranched alkanes of at least 4 members (excludes halogenated alkanes) is 2. The second-order valence-electron chi connectivity index (χ2n) is 6.54. The van der Waals surface area contributed by atoms with E-state index in [4.69, 9.17) is 0 Å². The Labute approximate surface area is 127 Å². The third kappa shape index (κ3) is 3.29. The van der Waals surface area contributed by atoms with Gasteiger partial charge in [0, 0.05) is 21.8 Å². The van der Waals surface area contributed by atoms with Crippen LogP contribution in [-0.2, 0) is 6.42 Å². The van der Waals surface area contributed by atoms with Crippen LogP contribution in [0.15, 0.2) is 42.5 Å². The van der Waals surface area contributed by atoms with Gasteiger partial charge in [-0.2, -0.15) is 0 Å². The highest BCUT2D eigenvalue weighted by Crippen LogP contribution is 2.26. The SMILES string of the molecule is CC(C)CCCCCc1ccc2c(c1)[nH]c1ccccc12. The lowest BCUT2D eigenvalue weighted by Gasteiger charge is -2.05. The summed E-state index contributed by atoms with van der Waals surface area (Å²) in [4.78, 5) is 3.53. The number of aromatic amines is 1. The molecule has 1 N–H and O–H groups in total. The molecule has 3 aromatic rings. The maximum absolute atomic E-state index is 3.53. The Hall–Kier alpha value is -1.76. The van der Waals surface area contributed by atoms with Crippen molar-refractivity contribution in [1.82, 2.24) is 4.98 Å². The minimum atomic E-state index is 0.840. The molecule has 0 amide bonds. The van der Waals surface area contributed by atoms with Crippen LogP contribution in [0.1, 0.15) is 45.1 Å². The third-order valence-electron chi connectivity index (χ3n) is 4.32. The number of nitrogens with one attached hydrogen (secondary N) is 1. The fourth-order valence-electron chi connectivity index (χ4n) is 3.12. The largest absolute Gasteiger partial charge is 0.355 e. The van der Waals surface area contributed by atoms with Gasteiger partial charge in [-0.3, -0.25) is 0 Å². The molecule has 0 fully saturated rings. The first-order chi connectivity index (χ1) is 10.2. The summed E-state index contributed by atoms with van der Waals surface area (Å²) in [5.74, 6) is 0.840. The van der Waals surface area contributed by atoms with Gasteiger partial charge < -0.3 is 4.98 Å². The molecule has 1 aromatic heterocycles. The minimum Gasteiger partial charge on any atom is -0.355 e. The highest BCUT2D eigenvalue weighted by Gasteiger charge is 2.04. The molecule has 0 radical (unpaired) electrons. The normalized spacial score (nSPS) is 11.8. The molecule has 0 aliphatic rings. The first-order valence-electron chi connectivity index (χ1n) is 8.23. The number of hydrogen-bond acceptors (Lipinski definition) is 0. The highest BCUT2D eigenvalue weighted by molar-refractivity contribution is 6.07. The zero-order valence-electron chi connectivity index (χ0n) is 13.2. The van der Waals surface area contributed by atoms with Gasteiger partial charge in [-0.05, 0) is 36.5 Å². The molecule has 0 unspecified atom stereocenters. The summed E-state index contributed by atoms with van der Waals surface area (Å²) < 4.78 is 0. The van der Waals surface area contributed by atoms with Crippen LogP contribution in [-0.4, -0.2) is 4.98 Å². The number of aryl methyl sites for hydroxylation is 1. The Balaban J connectivity index is 1.68. The van der Waals surface area contributed by atoms with Crippen LogP contribution in [0.3, 0.4) is 0 Å². The van der Waals surface area contributed by atoms with Crippen molar-refractivity contribution >= 4 is 21.8 Å². The molecule has 0 spiro atoms. The molecule has 1 nitrogen and oxygen atoms in total. The van der Waals surface area contributed by atoms with Crippen LogP contribution in [0.25, 0.3) is 21.8 Å². The van der Waals surface area contributed by atoms with Gasteiger partial charge >= 0.3 is 0 Å². The van der Waals surface area contributed by atoms with Crippen molar-refractivity contribution in [2.45, 2.75) is 46.0 Å². The van der Waals surface area contributed by atoms with Crippen molar-refractivity contribution in [3.63, 3.8) is 0 Å². The van der Waals surface area contributed by atoms with Crippen molar-refractivity contribution in [3.8, 4) is 0 Å². The number of aromatic nitrogens is 1. The minimum absolute atomic E-state index is 0.840. The van der Waals surface area contributed by atoms with Gasteiger partial charge in [0.25, 0.3) is 0 Å². The molecular weight excluding hydrogens is 254 g/mol. The van der Waals surface area contributed by atoms with Gasteiger partial charge in [-0.1, -0.05) is 63.4 Å². The molecule has 0 saturated carbocycles. The summed E-state index contributed by atoms with van der Waals surface area (Å²) in [6.45, 7) is 4.62. The number of hydrogen-bond donors (Lipinski definition) is 1. The van der Waals surface area contributed by atoms with E-state index in [0.29, 0.717) is 0 Å². The van der Waals surface area contributed by atoms with E-state index in [1.807, 2.05) is 0 Å². The van der Waals surface area contributed by atoms with Crippen LogP contribution in [0, 0.1) is 5.92 Å². The highest BCUT2D eigenvalue weighted by atomic mass is 14.7. The molecule has 0 aliphatic heterocycles. The van der Waals surface area contributed by atoms with E-state index in [1.54, 1.807) is 0 Å². The van der Waals surface area contributed by atoms with E-state index in [1.165, 1.54) is 59.5 Å². The van der Waals surface area contributed by atoms with Gasteiger partial charge in [-0.15, -0.1) is 0 Å². The van der Waals surface area contributed by atoms with Crippen LogP contribution < -0.4 is 0 Å². The number of para-hydroxylation sites is 1. The number of H-pyrrole nitrogens is 1. The first kappa shape index (κ1) is 14.2. The first-order valence-corrected chi connectivity index (χ1v) is 8.23. The van der Waals surface area contributed by atoms with Crippen molar-refractivity contribution in [2.75, 3.05) is 0 Å². The average Bonchev–Trinajstić information content (AvgIpc) is 2.84. The predicted molar refractivity (Wildman–Crippen MR) is 92.8 cm³/mol. The molecular formula is C20H25N. The van der Waals surface area contributed by atoms with Crippen LogP contribution in [0.4, 0.5) is 0 Å². The number of rotatable bonds is 6. The topological polar surface area (TPSA) is 15.8 Å². The molecule has 0 bridgehead atoms. The molecule has 110 valence electrons. The molecule has 1 heteroatoms. The fraction of sp³-hybridized carbons (Fsp3) is 0.400. The Kier molecular flexibility index (Phi) is 4.28. The zero-order valence-corrected chi connectivity index (χ0v) is 13.2. The second kappa shape index (κ2) is 6.34. The standard InChI is InChI=1S/C20H25N/c1-15(2)8-4-3-5-9-16-12-13-18-17-10-6-7-11-19(17)21-20(18)14-16/h6-7,10-15,21H,3-5,8-9H2,1-2H3. The molecule has 2 aromatic carbocycles. The lowest BCUT2D eigenvalue weighted by molar-refractivity contribution is 0.527. The molecule has 0 aliphatic carbocycles. The monoisotopic (exact) mass is 279 g/mol. The maximum atomic E-state index is 3.53. The average molecular weight is 279 g/mol. The van der Waals surface area contributed by atoms with Gasteiger partial charge in [-0.25, -0.2) is 0 Å². The number of benzene rings is 2. The van der Waals surface area contributed by atoms with Gasteiger partial charge in [0.15, 0.2) is 0 Å². The van der Waals surface area contributed by atoms with Crippen molar-refractivity contribution in [2.24, 2.45) is 5.92 Å². The smallest absolute Gasteiger partial charge is 0.0467 e. The second-order valence-corrected chi connectivity index (χ2v) is 6.54. The quantitative estimate of drug-likeness (QED) is 0.526. The predicted octanol–water partition coefficient (Wildman–Crippen LogP) is 6.08. The van der Waals surface area contributed by atoms with E-state index in [0.717, 1.165) is 5.92 Å².